The molecule has 2 amide bonds. The first-order valence-corrected chi connectivity index (χ1v) is 6.83. The average molecular weight is 286 g/mol. The molecule has 0 aromatic heterocycles. The second-order valence-electron chi connectivity index (χ2n) is 5.33. The highest BCUT2D eigenvalue weighted by Gasteiger charge is 2.51. The van der Waals surface area contributed by atoms with Crippen molar-refractivity contribution in [1.29, 1.82) is 0 Å². The summed E-state index contributed by atoms with van der Waals surface area (Å²) in [6.45, 7) is 0. The van der Waals surface area contributed by atoms with Crippen LogP contribution in [0.25, 0.3) is 0 Å². The van der Waals surface area contributed by atoms with Crippen molar-refractivity contribution in [3.8, 4) is 0 Å². The van der Waals surface area contributed by atoms with E-state index in [0.29, 0.717) is 16.7 Å². The van der Waals surface area contributed by atoms with Crippen molar-refractivity contribution in [3.63, 3.8) is 0 Å². The third kappa shape index (κ3) is 1.56. The number of hydrogen-bond acceptors (Lipinski definition) is 2. The summed E-state index contributed by atoms with van der Waals surface area (Å²) in [4.78, 5) is 11.3. The van der Waals surface area contributed by atoms with Crippen molar-refractivity contribution in [2.75, 3.05) is 0 Å². The smallest absolute Gasteiger partial charge is 0.332 e. The molecule has 0 heterocycles. The molecule has 0 aromatic rings. The Bertz CT molecular complexity index is 357. The molecule has 4 fully saturated rings. The number of hydrogen-bond donors (Lipinski definition) is 2. The summed E-state index contributed by atoms with van der Waals surface area (Å²) in [5, 5.41) is 4.23. The molecule has 0 aliphatic heterocycles. The summed E-state index contributed by atoms with van der Waals surface area (Å²) >= 11 is 3.80. The lowest BCUT2D eigenvalue weighted by Gasteiger charge is -2.53. The lowest BCUT2D eigenvalue weighted by Crippen LogP contribution is -2.52. The number of rotatable bonds is 1. The molecule has 0 saturated heterocycles. The molecule has 4 saturated carbocycles. The Balaban J connectivity index is 1.85. The Labute approximate surface area is 103 Å². The highest BCUT2D eigenvalue weighted by molar-refractivity contribution is 9.09. The molecule has 5 heteroatoms. The summed E-state index contributed by atoms with van der Waals surface area (Å²) in [6, 6.07) is -0.563. The summed E-state index contributed by atoms with van der Waals surface area (Å²) in [5.41, 5.74) is 8.64. The number of alkyl halides is 1. The van der Waals surface area contributed by atoms with Gasteiger partial charge in [-0.2, -0.15) is 5.10 Å². The molecule has 5 atom stereocenters. The number of halogens is 1. The lowest BCUT2D eigenvalue weighted by atomic mass is 9.55. The maximum absolute atomic E-state index is 10.7. The van der Waals surface area contributed by atoms with Crippen molar-refractivity contribution >= 4 is 27.7 Å². The minimum absolute atomic E-state index is 0.517. The number of nitrogens with zero attached hydrogens (tertiary/aromatic N) is 1. The van der Waals surface area contributed by atoms with Crippen molar-refractivity contribution in [2.45, 2.75) is 30.5 Å². The normalized spacial score (nSPS) is 47.3. The fourth-order valence-electron chi connectivity index (χ4n) is 3.88. The number of primary amides is 1. The van der Waals surface area contributed by atoms with Gasteiger partial charge in [0.25, 0.3) is 0 Å². The van der Waals surface area contributed by atoms with Crippen LogP contribution in [-0.4, -0.2) is 16.6 Å². The van der Waals surface area contributed by atoms with Gasteiger partial charge in [0, 0.05) is 16.5 Å². The van der Waals surface area contributed by atoms with Gasteiger partial charge in [-0.25, -0.2) is 10.2 Å². The van der Waals surface area contributed by atoms with Crippen LogP contribution in [0.3, 0.4) is 0 Å². The summed E-state index contributed by atoms with van der Waals surface area (Å²) in [6.07, 6.45) is 5.08. The van der Waals surface area contributed by atoms with Crippen LogP contribution in [0, 0.1) is 23.7 Å². The van der Waals surface area contributed by atoms with Crippen LogP contribution in [-0.2, 0) is 0 Å². The highest BCUT2D eigenvalue weighted by Crippen LogP contribution is 2.54. The van der Waals surface area contributed by atoms with Crippen molar-refractivity contribution in [3.05, 3.63) is 0 Å². The Morgan fingerprint density at radius 3 is 2.94 bits per heavy atom. The third-order valence-corrected chi connectivity index (χ3v) is 5.74. The molecular formula is C11H16BrN3O. The first-order valence-electron chi connectivity index (χ1n) is 5.92. The van der Waals surface area contributed by atoms with Crippen LogP contribution >= 0.6 is 15.9 Å². The van der Waals surface area contributed by atoms with Crippen molar-refractivity contribution in [2.24, 2.45) is 34.5 Å². The van der Waals surface area contributed by atoms with Gasteiger partial charge < -0.3 is 5.73 Å². The fourth-order valence-corrected chi connectivity index (χ4v) is 4.80. The molecule has 88 valence electrons. The molecule has 4 aliphatic carbocycles. The van der Waals surface area contributed by atoms with Gasteiger partial charge >= 0.3 is 6.03 Å². The van der Waals surface area contributed by atoms with E-state index < -0.39 is 6.03 Å². The van der Waals surface area contributed by atoms with Gasteiger partial charge in [-0.05, 0) is 43.4 Å². The number of amides is 2. The van der Waals surface area contributed by atoms with E-state index >= 15 is 0 Å². The maximum atomic E-state index is 10.7. The number of carbonyl (C=O) groups is 1. The number of carbonyl (C=O) groups excluding carboxylic acids is 1. The van der Waals surface area contributed by atoms with E-state index in [1.54, 1.807) is 0 Å². The van der Waals surface area contributed by atoms with Gasteiger partial charge in [-0.15, -0.1) is 0 Å². The van der Waals surface area contributed by atoms with Gasteiger partial charge in [-0.3, -0.25) is 0 Å². The predicted octanol–water partition coefficient (Wildman–Crippen LogP) is 1.84. The molecule has 4 aliphatic rings. The quantitative estimate of drug-likeness (QED) is 0.560. The first-order chi connectivity index (χ1) is 7.65. The third-order valence-electron chi connectivity index (χ3n) is 4.36. The summed E-state index contributed by atoms with van der Waals surface area (Å²) in [5.74, 6) is 2.80. The molecule has 4 bridgehead atoms. The monoisotopic (exact) mass is 285 g/mol. The molecule has 0 radical (unpaired) electrons. The summed E-state index contributed by atoms with van der Waals surface area (Å²) in [7, 11) is 0. The second kappa shape index (κ2) is 3.72. The molecule has 0 aromatic carbocycles. The topological polar surface area (TPSA) is 67.5 Å². The molecule has 0 unspecified atom stereocenters. The zero-order chi connectivity index (χ0) is 11.3. The summed E-state index contributed by atoms with van der Waals surface area (Å²) < 4.78 is 0. The van der Waals surface area contributed by atoms with E-state index in [1.165, 1.54) is 31.4 Å². The fraction of sp³-hybridized carbons (Fsp3) is 0.818. The zero-order valence-corrected chi connectivity index (χ0v) is 10.6. The van der Waals surface area contributed by atoms with Gasteiger partial charge in [0.15, 0.2) is 0 Å². The highest BCUT2D eigenvalue weighted by atomic mass is 79.9. The molecule has 0 spiro atoms. The van der Waals surface area contributed by atoms with Crippen molar-refractivity contribution in [1.82, 2.24) is 5.43 Å². The zero-order valence-electron chi connectivity index (χ0n) is 9.03. The van der Waals surface area contributed by atoms with Crippen LogP contribution in [0.5, 0.6) is 0 Å². The van der Waals surface area contributed by atoms with Crippen LogP contribution in [0.4, 0.5) is 4.79 Å². The minimum Gasteiger partial charge on any atom is -0.350 e. The Morgan fingerprint density at radius 1 is 1.38 bits per heavy atom. The van der Waals surface area contributed by atoms with Gasteiger partial charge in [0.1, 0.15) is 0 Å². The molecule has 3 N–H and O–H groups in total. The van der Waals surface area contributed by atoms with Crippen LogP contribution < -0.4 is 11.2 Å². The van der Waals surface area contributed by atoms with Crippen LogP contribution in [0.1, 0.15) is 25.7 Å². The lowest BCUT2D eigenvalue weighted by molar-refractivity contribution is 0.117. The van der Waals surface area contributed by atoms with Crippen LogP contribution in [0.15, 0.2) is 5.10 Å². The Kier molecular flexibility index (Phi) is 2.46. The van der Waals surface area contributed by atoms with Crippen molar-refractivity contribution < 1.29 is 4.79 Å². The number of nitrogens with one attached hydrogen (secondary N) is 1. The van der Waals surface area contributed by atoms with E-state index in [9.17, 15) is 4.79 Å². The van der Waals surface area contributed by atoms with E-state index in [-0.39, 0.29) is 0 Å². The minimum atomic E-state index is -0.563. The second-order valence-corrected chi connectivity index (χ2v) is 6.39. The van der Waals surface area contributed by atoms with Crippen LogP contribution in [0.2, 0.25) is 0 Å². The van der Waals surface area contributed by atoms with E-state index in [0.717, 1.165) is 11.8 Å². The maximum Gasteiger partial charge on any atom is 0.332 e. The van der Waals surface area contributed by atoms with E-state index in [1.807, 2.05) is 0 Å². The Hall–Kier alpha value is -0.580. The van der Waals surface area contributed by atoms with Gasteiger partial charge in [0.05, 0.1) is 0 Å². The molecular weight excluding hydrogens is 270 g/mol. The molecule has 4 rings (SSSR count). The predicted molar refractivity (Wildman–Crippen MR) is 65.3 cm³/mol. The molecule has 4 nitrogen and oxygen atoms in total. The Morgan fingerprint density at radius 2 is 2.19 bits per heavy atom. The van der Waals surface area contributed by atoms with Gasteiger partial charge in [0.2, 0.25) is 0 Å². The van der Waals surface area contributed by atoms with E-state index in [2.05, 4.69) is 26.5 Å². The standard InChI is InChI=1S/C11H16BrN3O/c12-9-6-1-5-2-7(4-6)10(8(9)3-5)14-15-11(13)16/h5-9H,1-4H2,(H3,13,15,16)/b14-10+/t5-,6+,7-,8+,9-/m1/s1. The number of nitrogens with two attached hydrogens (primary N) is 1. The SMILES string of the molecule is NC(=O)N/N=C1\[C@@H]2C[C@H]3C[C@@H](C2)[C@@H](Br)[C@@H]1C3. The number of urea groups is 1. The van der Waals surface area contributed by atoms with Gasteiger partial charge in [-0.1, -0.05) is 15.9 Å². The van der Waals surface area contributed by atoms with E-state index in [4.69, 9.17) is 5.73 Å². The largest absolute Gasteiger partial charge is 0.350 e. The first kappa shape index (κ1) is 10.6. The average Bonchev–Trinajstić information content (AvgIpc) is 2.23. The number of hydrazone groups is 1. The molecule has 16 heavy (non-hydrogen) atoms.